The van der Waals surface area contributed by atoms with Crippen LogP contribution in [0.5, 0.6) is 5.75 Å². The molecule has 0 unspecified atom stereocenters. The molecule has 0 heterocycles. The molecule has 0 atom stereocenters. The van der Waals surface area contributed by atoms with Gasteiger partial charge in [0.1, 0.15) is 5.75 Å². The third kappa shape index (κ3) is 3.27. The number of methoxy groups -OCH3 is 1. The van der Waals surface area contributed by atoms with Crippen LogP contribution in [0.15, 0.2) is 12.1 Å². The molecular weight excluding hydrogens is 206 g/mol. The minimum Gasteiger partial charge on any atom is -0.496 e. The van der Waals surface area contributed by atoms with Crippen LogP contribution in [0.4, 0.5) is 0 Å². The normalized spacial score (nSPS) is 10.1. The number of nitrogens with one attached hydrogen (secondary N) is 1. The number of hydrogen-bond acceptors (Lipinski definition) is 3. The number of rotatable bonds is 3. The Kier molecular flexibility index (Phi) is 4.21. The van der Waals surface area contributed by atoms with Crippen molar-refractivity contribution in [3.8, 4) is 5.75 Å². The fourth-order valence-corrected chi connectivity index (χ4v) is 1.94. The Morgan fingerprint density at radius 2 is 2.07 bits per heavy atom. The number of aryl methyl sites for hydroxylation is 1. The third-order valence-electron chi connectivity index (χ3n) is 2.35. The van der Waals surface area contributed by atoms with Crippen LogP contribution < -0.4 is 4.74 Å². The standard InChI is InChI=1S/C12H17NOS/c1-8-5-11(7-15-10(3)13)6-12(14-4)9(8)2/h5-6,13H,7H2,1-4H3. The van der Waals surface area contributed by atoms with E-state index < -0.39 is 0 Å². The molecule has 0 radical (unpaired) electrons. The topological polar surface area (TPSA) is 33.1 Å². The summed E-state index contributed by atoms with van der Waals surface area (Å²) in [6.07, 6.45) is 0. The van der Waals surface area contributed by atoms with Gasteiger partial charge in [-0.1, -0.05) is 6.07 Å². The summed E-state index contributed by atoms with van der Waals surface area (Å²) in [7, 11) is 1.69. The van der Waals surface area contributed by atoms with E-state index >= 15 is 0 Å². The van der Waals surface area contributed by atoms with Gasteiger partial charge in [0.25, 0.3) is 0 Å². The Morgan fingerprint density at radius 3 is 2.60 bits per heavy atom. The van der Waals surface area contributed by atoms with Gasteiger partial charge in [-0.05, 0) is 43.5 Å². The predicted molar refractivity (Wildman–Crippen MR) is 67.2 cm³/mol. The Labute approximate surface area is 95.5 Å². The first-order valence-corrected chi connectivity index (χ1v) is 5.85. The molecule has 15 heavy (non-hydrogen) atoms. The monoisotopic (exact) mass is 223 g/mol. The molecule has 0 saturated heterocycles. The summed E-state index contributed by atoms with van der Waals surface area (Å²) >= 11 is 1.55. The lowest BCUT2D eigenvalue weighted by atomic mass is 10.1. The summed E-state index contributed by atoms with van der Waals surface area (Å²) < 4.78 is 5.31. The average Bonchev–Trinajstić information content (AvgIpc) is 2.19. The van der Waals surface area contributed by atoms with Crippen LogP contribution in [0.2, 0.25) is 0 Å². The first kappa shape index (κ1) is 12.1. The zero-order valence-electron chi connectivity index (χ0n) is 9.68. The zero-order chi connectivity index (χ0) is 11.4. The summed E-state index contributed by atoms with van der Waals surface area (Å²) in [6, 6.07) is 4.21. The van der Waals surface area contributed by atoms with Crippen molar-refractivity contribution in [3.05, 3.63) is 28.8 Å². The van der Waals surface area contributed by atoms with Crippen LogP contribution in [-0.2, 0) is 5.75 Å². The fourth-order valence-electron chi connectivity index (χ4n) is 1.39. The Bertz CT molecular complexity index is 374. The molecular formula is C12H17NOS. The van der Waals surface area contributed by atoms with Gasteiger partial charge in [-0.15, -0.1) is 11.8 Å². The SMILES string of the molecule is COc1cc(CSC(C)=N)cc(C)c1C. The zero-order valence-corrected chi connectivity index (χ0v) is 10.5. The molecule has 1 aromatic rings. The van der Waals surface area contributed by atoms with E-state index in [2.05, 4.69) is 26.0 Å². The van der Waals surface area contributed by atoms with E-state index in [1.54, 1.807) is 18.9 Å². The van der Waals surface area contributed by atoms with E-state index in [0.29, 0.717) is 5.04 Å². The summed E-state index contributed by atoms with van der Waals surface area (Å²) in [5.41, 5.74) is 3.65. The maximum atomic E-state index is 7.37. The maximum absolute atomic E-state index is 7.37. The minimum absolute atomic E-state index is 0.646. The van der Waals surface area contributed by atoms with Crippen LogP contribution in [0.25, 0.3) is 0 Å². The van der Waals surface area contributed by atoms with Gasteiger partial charge in [-0.25, -0.2) is 0 Å². The van der Waals surface area contributed by atoms with Crippen LogP contribution in [0.3, 0.4) is 0 Å². The first-order valence-electron chi connectivity index (χ1n) is 4.86. The predicted octanol–water partition coefficient (Wildman–Crippen LogP) is 3.54. The Balaban J connectivity index is 2.90. The second kappa shape index (κ2) is 5.21. The van der Waals surface area contributed by atoms with Crippen LogP contribution in [0.1, 0.15) is 23.6 Å². The van der Waals surface area contributed by atoms with E-state index in [0.717, 1.165) is 11.5 Å². The minimum atomic E-state index is 0.646. The lowest BCUT2D eigenvalue weighted by Crippen LogP contribution is -1.94. The number of thioether (sulfide) groups is 1. The van der Waals surface area contributed by atoms with Crippen LogP contribution >= 0.6 is 11.8 Å². The first-order chi connectivity index (χ1) is 7.04. The van der Waals surface area contributed by atoms with Gasteiger partial charge in [-0.2, -0.15) is 0 Å². The summed E-state index contributed by atoms with van der Waals surface area (Å²) in [4.78, 5) is 0. The summed E-state index contributed by atoms with van der Waals surface area (Å²) in [6.45, 7) is 5.96. The molecule has 0 aromatic heterocycles. The molecule has 0 aliphatic carbocycles. The molecule has 82 valence electrons. The highest BCUT2D eigenvalue weighted by molar-refractivity contribution is 8.13. The Hall–Kier alpha value is -0.960. The van der Waals surface area contributed by atoms with Crippen LogP contribution in [-0.4, -0.2) is 12.2 Å². The van der Waals surface area contributed by atoms with Crippen molar-refractivity contribution in [1.82, 2.24) is 0 Å². The molecule has 0 aliphatic rings. The second-order valence-electron chi connectivity index (χ2n) is 3.58. The molecule has 0 fully saturated rings. The molecule has 1 N–H and O–H groups in total. The van der Waals surface area contributed by atoms with Gasteiger partial charge in [0.15, 0.2) is 0 Å². The van der Waals surface area contributed by atoms with Crippen molar-refractivity contribution in [2.24, 2.45) is 0 Å². The Morgan fingerprint density at radius 1 is 1.40 bits per heavy atom. The van der Waals surface area contributed by atoms with Gasteiger partial charge in [0, 0.05) is 5.75 Å². The average molecular weight is 223 g/mol. The van der Waals surface area contributed by atoms with Gasteiger partial charge >= 0.3 is 0 Å². The van der Waals surface area contributed by atoms with Gasteiger partial charge < -0.3 is 4.74 Å². The highest BCUT2D eigenvalue weighted by Gasteiger charge is 2.04. The van der Waals surface area contributed by atoms with Crippen molar-refractivity contribution in [2.75, 3.05) is 7.11 Å². The highest BCUT2D eigenvalue weighted by Crippen LogP contribution is 2.25. The van der Waals surface area contributed by atoms with E-state index in [1.807, 2.05) is 6.92 Å². The number of ether oxygens (including phenoxy) is 1. The molecule has 2 nitrogen and oxygen atoms in total. The smallest absolute Gasteiger partial charge is 0.122 e. The molecule has 0 bridgehead atoms. The molecule has 0 aliphatic heterocycles. The van der Waals surface area contributed by atoms with Gasteiger partial charge in [0.2, 0.25) is 0 Å². The van der Waals surface area contributed by atoms with E-state index in [-0.39, 0.29) is 0 Å². The van der Waals surface area contributed by atoms with Crippen molar-refractivity contribution in [1.29, 1.82) is 5.41 Å². The molecule has 3 heteroatoms. The van der Waals surface area contributed by atoms with E-state index in [1.165, 1.54) is 16.7 Å². The second-order valence-corrected chi connectivity index (χ2v) is 4.77. The lowest BCUT2D eigenvalue weighted by Gasteiger charge is -2.10. The highest BCUT2D eigenvalue weighted by atomic mass is 32.2. The number of hydrogen-bond donors (Lipinski definition) is 1. The largest absolute Gasteiger partial charge is 0.496 e. The lowest BCUT2D eigenvalue weighted by molar-refractivity contribution is 0.411. The molecule has 0 amide bonds. The van der Waals surface area contributed by atoms with E-state index in [4.69, 9.17) is 10.1 Å². The summed E-state index contributed by atoms with van der Waals surface area (Å²) in [5.74, 6) is 1.78. The van der Waals surface area contributed by atoms with Gasteiger partial charge in [0.05, 0.1) is 12.2 Å². The quantitative estimate of drug-likeness (QED) is 0.628. The maximum Gasteiger partial charge on any atom is 0.122 e. The van der Waals surface area contributed by atoms with Crippen LogP contribution in [0, 0.1) is 19.3 Å². The molecule has 1 rings (SSSR count). The molecule has 0 spiro atoms. The number of benzene rings is 1. The summed E-state index contributed by atoms with van der Waals surface area (Å²) in [5, 5.41) is 8.02. The molecule has 0 saturated carbocycles. The van der Waals surface area contributed by atoms with E-state index in [9.17, 15) is 0 Å². The van der Waals surface area contributed by atoms with Gasteiger partial charge in [-0.3, -0.25) is 5.41 Å². The fraction of sp³-hybridized carbons (Fsp3) is 0.417. The van der Waals surface area contributed by atoms with Crippen molar-refractivity contribution in [3.63, 3.8) is 0 Å². The molecule has 1 aromatic carbocycles. The van der Waals surface area contributed by atoms with Crippen molar-refractivity contribution >= 4 is 16.8 Å². The van der Waals surface area contributed by atoms with Crippen molar-refractivity contribution < 1.29 is 4.74 Å². The third-order valence-corrected chi connectivity index (χ3v) is 3.27. The van der Waals surface area contributed by atoms with Crippen molar-refractivity contribution in [2.45, 2.75) is 26.5 Å².